The number of nitrogens with zero attached hydrogens (tertiary/aromatic N) is 3. The summed E-state index contributed by atoms with van der Waals surface area (Å²) in [5, 5.41) is 13.2. The molecular formula is C22H25FN4O3S2. The Bertz CT molecular complexity index is 1100. The number of aromatic nitrogens is 1. The third-order valence-corrected chi connectivity index (χ3v) is 6.37. The second kappa shape index (κ2) is 10.0. The number of aliphatic hydroxyl groups excluding tert-OH is 1. The molecule has 4 rings (SSSR count). The van der Waals surface area contributed by atoms with E-state index in [0.29, 0.717) is 25.4 Å². The summed E-state index contributed by atoms with van der Waals surface area (Å²) in [6.45, 7) is 5.61. The number of ether oxygens (including phenoxy) is 1. The van der Waals surface area contributed by atoms with Crippen molar-refractivity contribution in [1.82, 2.24) is 9.88 Å². The molecule has 0 unspecified atom stereocenters. The molecule has 3 aromatic rings. The van der Waals surface area contributed by atoms with E-state index in [1.807, 2.05) is 25.1 Å². The Morgan fingerprint density at radius 1 is 1.28 bits per heavy atom. The van der Waals surface area contributed by atoms with Gasteiger partial charge in [0.05, 0.1) is 20.9 Å². The van der Waals surface area contributed by atoms with Crippen molar-refractivity contribution >= 4 is 50.8 Å². The number of benzene rings is 2. The van der Waals surface area contributed by atoms with Gasteiger partial charge in [-0.15, -0.1) is 11.3 Å². The summed E-state index contributed by atoms with van der Waals surface area (Å²) >= 11 is 5.25. The van der Waals surface area contributed by atoms with Crippen LogP contribution in [0.4, 0.5) is 20.6 Å². The highest BCUT2D eigenvalue weighted by molar-refractivity contribution is 7.96. The fourth-order valence-corrected chi connectivity index (χ4v) is 4.69. The maximum Gasteiger partial charge on any atom is 0.280 e. The molecule has 0 spiro atoms. The Hall–Kier alpha value is -2.40. The summed E-state index contributed by atoms with van der Waals surface area (Å²) in [6, 6.07) is 10.5. The van der Waals surface area contributed by atoms with Gasteiger partial charge in [-0.3, -0.25) is 9.69 Å². The minimum atomic E-state index is -0.615. The number of halogens is 1. The lowest BCUT2D eigenvalue weighted by Gasteiger charge is -2.37. The quantitative estimate of drug-likeness (QED) is 0.451. The van der Waals surface area contributed by atoms with Gasteiger partial charge in [0.25, 0.3) is 5.24 Å². The van der Waals surface area contributed by atoms with E-state index in [1.165, 1.54) is 12.1 Å². The van der Waals surface area contributed by atoms with Gasteiger partial charge >= 0.3 is 0 Å². The van der Waals surface area contributed by atoms with Crippen molar-refractivity contribution in [3.8, 4) is 5.75 Å². The van der Waals surface area contributed by atoms with Crippen LogP contribution in [0, 0.1) is 12.7 Å². The average Bonchev–Trinajstić information content (AvgIpc) is 3.13. The number of carbonyl (C=O) groups excluding carboxylic acids is 1. The Morgan fingerprint density at radius 2 is 2.06 bits per heavy atom. The number of fused-ring (bicyclic) bond motifs is 1. The molecule has 1 aliphatic rings. The first kappa shape index (κ1) is 22.8. The van der Waals surface area contributed by atoms with Gasteiger partial charge in [0.2, 0.25) is 0 Å². The SMILES string of the molecule is Cc1nc2cc(OC[C@H](O)CN3CCN(c4ccc(NC(=O)S)c(F)c4)CC3)ccc2s1. The molecule has 2 N–H and O–H groups in total. The van der Waals surface area contributed by atoms with Gasteiger partial charge in [0.1, 0.15) is 24.3 Å². The number of aliphatic hydroxyl groups is 1. The molecule has 0 radical (unpaired) electrons. The number of hydrogen-bond acceptors (Lipinski definition) is 7. The topological polar surface area (TPSA) is 77.9 Å². The molecule has 7 nitrogen and oxygen atoms in total. The van der Waals surface area contributed by atoms with Crippen molar-refractivity contribution in [2.24, 2.45) is 0 Å². The highest BCUT2D eigenvalue weighted by atomic mass is 32.1. The van der Waals surface area contributed by atoms with E-state index in [0.717, 1.165) is 34.0 Å². The van der Waals surface area contributed by atoms with Crippen LogP contribution in [-0.4, -0.2) is 65.7 Å². The monoisotopic (exact) mass is 476 g/mol. The number of rotatable bonds is 7. The zero-order valence-corrected chi connectivity index (χ0v) is 19.3. The van der Waals surface area contributed by atoms with Crippen LogP contribution in [0.2, 0.25) is 0 Å². The van der Waals surface area contributed by atoms with Crippen molar-refractivity contribution in [2.45, 2.75) is 13.0 Å². The zero-order chi connectivity index (χ0) is 22.7. The highest BCUT2D eigenvalue weighted by Crippen LogP contribution is 2.26. The molecule has 2 aromatic carbocycles. The summed E-state index contributed by atoms with van der Waals surface area (Å²) in [5.41, 5.74) is 1.78. The molecule has 1 atom stereocenters. The molecule has 170 valence electrons. The van der Waals surface area contributed by atoms with Gasteiger partial charge < -0.3 is 20.1 Å². The van der Waals surface area contributed by atoms with Crippen LogP contribution in [0.1, 0.15) is 5.01 Å². The standard InChI is InChI=1S/C22H25FN4O3S2/c1-14-24-20-11-17(3-5-21(20)32-14)30-13-16(28)12-26-6-8-27(9-7-26)15-2-4-19(18(23)10-15)25-22(29)31/h2-5,10-11,16,28H,6-9,12-13H2,1H3,(H2,25,29,31)/t16-/m1/s1. The van der Waals surface area contributed by atoms with Crippen LogP contribution < -0.4 is 15.0 Å². The van der Waals surface area contributed by atoms with Crippen molar-refractivity contribution in [3.05, 3.63) is 47.2 Å². The molecular weight excluding hydrogens is 451 g/mol. The Morgan fingerprint density at radius 3 is 2.78 bits per heavy atom. The molecule has 1 saturated heterocycles. The Balaban J connectivity index is 1.24. The lowest BCUT2D eigenvalue weighted by Crippen LogP contribution is -2.49. The van der Waals surface area contributed by atoms with Crippen molar-refractivity contribution < 1.29 is 19.0 Å². The van der Waals surface area contributed by atoms with Gasteiger partial charge in [-0.2, -0.15) is 0 Å². The Labute approximate surface area is 195 Å². The third-order valence-electron chi connectivity index (χ3n) is 5.31. The predicted octanol–water partition coefficient (Wildman–Crippen LogP) is 3.77. The number of nitrogens with one attached hydrogen (secondary N) is 1. The number of amides is 1. The largest absolute Gasteiger partial charge is 0.491 e. The van der Waals surface area contributed by atoms with Gasteiger partial charge in [-0.25, -0.2) is 9.37 Å². The normalized spacial score (nSPS) is 15.7. The number of aryl methyl sites for hydroxylation is 1. The van der Waals surface area contributed by atoms with Gasteiger partial charge in [-0.1, -0.05) is 12.6 Å². The minimum absolute atomic E-state index is 0.111. The molecule has 1 amide bonds. The van der Waals surface area contributed by atoms with E-state index in [9.17, 15) is 14.3 Å². The number of thiol groups is 1. The van der Waals surface area contributed by atoms with E-state index >= 15 is 0 Å². The molecule has 0 saturated carbocycles. The summed E-state index contributed by atoms with van der Waals surface area (Å²) in [4.78, 5) is 19.7. The molecule has 32 heavy (non-hydrogen) atoms. The van der Waals surface area contributed by atoms with E-state index in [1.54, 1.807) is 17.4 Å². The first-order chi connectivity index (χ1) is 15.4. The summed E-state index contributed by atoms with van der Waals surface area (Å²) in [6.07, 6.45) is -0.615. The maximum atomic E-state index is 14.2. The second-order valence-corrected chi connectivity index (χ2v) is 9.35. The molecule has 1 aromatic heterocycles. The molecule has 10 heteroatoms. The van der Waals surface area contributed by atoms with Crippen LogP contribution in [0.15, 0.2) is 36.4 Å². The molecule has 2 heterocycles. The van der Waals surface area contributed by atoms with Gasteiger partial charge in [0, 0.05) is 44.5 Å². The van der Waals surface area contributed by atoms with Crippen molar-refractivity contribution in [2.75, 3.05) is 49.5 Å². The van der Waals surface area contributed by atoms with Crippen LogP contribution in [0.5, 0.6) is 5.75 Å². The number of β-amino-alcohol motifs (C(OH)–C–C–N with tert-alkyl or cyclic N) is 1. The summed E-state index contributed by atoms with van der Waals surface area (Å²) < 4.78 is 21.1. The van der Waals surface area contributed by atoms with E-state index in [2.05, 4.69) is 32.7 Å². The average molecular weight is 477 g/mol. The zero-order valence-electron chi connectivity index (χ0n) is 17.6. The van der Waals surface area contributed by atoms with E-state index in [4.69, 9.17) is 4.74 Å². The number of thiazole rings is 1. The third kappa shape index (κ3) is 5.69. The summed E-state index contributed by atoms with van der Waals surface area (Å²) in [5.74, 6) is 0.206. The van der Waals surface area contributed by atoms with Crippen LogP contribution >= 0.6 is 24.0 Å². The number of carbonyl (C=O) groups is 1. The first-order valence-electron chi connectivity index (χ1n) is 10.3. The van der Waals surface area contributed by atoms with Gasteiger partial charge in [0.15, 0.2) is 0 Å². The van der Waals surface area contributed by atoms with Crippen LogP contribution in [-0.2, 0) is 0 Å². The lowest BCUT2D eigenvalue weighted by atomic mass is 10.2. The fraction of sp³-hybridized carbons (Fsp3) is 0.364. The highest BCUT2D eigenvalue weighted by Gasteiger charge is 2.21. The van der Waals surface area contributed by atoms with Crippen LogP contribution in [0.3, 0.4) is 0 Å². The smallest absolute Gasteiger partial charge is 0.280 e. The first-order valence-corrected chi connectivity index (χ1v) is 11.6. The van der Waals surface area contributed by atoms with Crippen LogP contribution in [0.25, 0.3) is 10.2 Å². The molecule has 0 aliphatic carbocycles. The minimum Gasteiger partial charge on any atom is -0.491 e. The molecule has 0 bridgehead atoms. The lowest BCUT2D eigenvalue weighted by molar-refractivity contribution is 0.0663. The van der Waals surface area contributed by atoms with Crippen molar-refractivity contribution in [1.29, 1.82) is 0 Å². The van der Waals surface area contributed by atoms with E-state index in [-0.39, 0.29) is 12.3 Å². The Kier molecular flexibility index (Phi) is 7.14. The molecule has 1 aliphatic heterocycles. The fourth-order valence-electron chi connectivity index (χ4n) is 3.76. The number of hydrogen-bond donors (Lipinski definition) is 3. The summed E-state index contributed by atoms with van der Waals surface area (Å²) in [7, 11) is 0. The van der Waals surface area contributed by atoms with Gasteiger partial charge in [-0.05, 0) is 37.3 Å². The second-order valence-electron chi connectivity index (χ2n) is 7.71. The number of piperazine rings is 1. The molecule has 1 fully saturated rings. The van der Waals surface area contributed by atoms with E-state index < -0.39 is 17.2 Å². The predicted molar refractivity (Wildman–Crippen MR) is 129 cm³/mol. The maximum absolute atomic E-state index is 14.2. The van der Waals surface area contributed by atoms with Crippen molar-refractivity contribution in [3.63, 3.8) is 0 Å². The number of anilines is 2.